The molecule has 0 atom stereocenters. The molecule has 2 rings (SSSR count). The smallest absolute Gasteiger partial charge is 0.339 e. The quantitative estimate of drug-likeness (QED) is 0.849. The lowest BCUT2D eigenvalue weighted by Crippen LogP contribution is -2.02. The Labute approximate surface area is 99.4 Å². The predicted octanol–water partition coefficient (Wildman–Crippen LogP) is 3.11. The summed E-state index contributed by atoms with van der Waals surface area (Å²) in [6.07, 6.45) is 11.0. The molecule has 17 heavy (non-hydrogen) atoms. The Morgan fingerprint density at radius 2 is 2.12 bits per heavy atom. The van der Waals surface area contributed by atoms with Crippen LogP contribution in [0.4, 0.5) is 0 Å². The largest absolute Gasteiger partial charge is 0.507 e. The maximum Gasteiger partial charge on any atom is 0.339 e. The highest BCUT2D eigenvalue weighted by atomic mass is 16.4. The number of hydrogen-bond acceptors (Lipinski definition) is 3. The van der Waals surface area contributed by atoms with Crippen molar-refractivity contribution in [2.24, 2.45) is 0 Å². The van der Waals surface area contributed by atoms with Gasteiger partial charge in [-0.2, -0.15) is 0 Å². The molecule has 0 saturated carbocycles. The summed E-state index contributed by atoms with van der Waals surface area (Å²) in [6, 6.07) is 1.10. The highest BCUT2D eigenvalue weighted by molar-refractivity contribution is 5.75. The van der Waals surface area contributed by atoms with Crippen molar-refractivity contribution in [1.82, 2.24) is 0 Å². The summed E-state index contributed by atoms with van der Waals surface area (Å²) in [5.41, 5.74) is 0.964. The second-order valence-corrected chi connectivity index (χ2v) is 3.88. The molecule has 1 heterocycles. The number of hydrogen-bond donors (Lipinski definition) is 1. The SMILES string of the molecule is CCCC1=CC=CC=Cc2c(O)cc(=O)oc21. The second kappa shape index (κ2) is 4.87. The van der Waals surface area contributed by atoms with Gasteiger partial charge in [0.15, 0.2) is 0 Å². The lowest BCUT2D eigenvalue weighted by Gasteiger charge is -2.10. The first-order valence-corrected chi connectivity index (χ1v) is 5.63. The van der Waals surface area contributed by atoms with E-state index in [1.807, 2.05) is 18.2 Å². The summed E-state index contributed by atoms with van der Waals surface area (Å²) < 4.78 is 5.21. The number of allylic oxidation sites excluding steroid dienone is 5. The zero-order chi connectivity index (χ0) is 12.3. The van der Waals surface area contributed by atoms with Crippen molar-refractivity contribution in [3.05, 3.63) is 52.1 Å². The van der Waals surface area contributed by atoms with Gasteiger partial charge < -0.3 is 9.52 Å². The minimum atomic E-state index is -0.527. The molecule has 0 fully saturated rings. The van der Waals surface area contributed by atoms with E-state index in [0.29, 0.717) is 11.3 Å². The average Bonchev–Trinajstić information content (AvgIpc) is 2.26. The van der Waals surface area contributed by atoms with Gasteiger partial charge >= 0.3 is 5.63 Å². The van der Waals surface area contributed by atoms with Crippen LogP contribution in [0.3, 0.4) is 0 Å². The first-order valence-electron chi connectivity index (χ1n) is 5.63. The van der Waals surface area contributed by atoms with E-state index in [-0.39, 0.29) is 5.75 Å². The van der Waals surface area contributed by atoms with Gasteiger partial charge in [0.05, 0.1) is 11.6 Å². The van der Waals surface area contributed by atoms with Gasteiger partial charge in [-0.05, 0) is 18.1 Å². The highest BCUT2D eigenvalue weighted by Gasteiger charge is 2.14. The van der Waals surface area contributed by atoms with E-state index in [0.717, 1.165) is 24.5 Å². The van der Waals surface area contributed by atoms with Crippen LogP contribution >= 0.6 is 0 Å². The molecule has 0 aliphatic heterocycles. The average molecular weight is 230 g/mol. The number of aromatic hydroxyl groups is 1. The van der Waals surface area contributed by atoms with Crippen LogP contribution in [0.25, 0.3) is 11.6 Å². The van der Waals surface area contributed by atoms with Gasteiger partial charge in [0.2, 0.25) is 0 Å². The van der Waals surface area contributed by atoms with Crippen LogP contribution in [0, 0.1) is 0 Å². The molecule has 1 aromatic rings. The number of rotatable bonds is 2. The highest BCUT2D eigenvalue weighted by Crippen LogP contribution is 2.30. The van der Waals surface area contributed by atoms with Gasteiger partial charge in [-0.1, -0.05) is 37.6 Å². The zero-order valence-corrected chi connectivity index (χ0v) is 9.64. The van der Waals surface area contributed by atoms with Gasteiger partial charge in [-0.25, -0.2) is 4.79 Å². The third-order valence-electron chi connectivity index (χ3n) is 2.57. The van der Waals surface area contributed by atoms with Crippen LogP contribution in [-0.4, -0.2) is 5.11 Å². The molecule has 0 spiro atoms. The van der Waals surface area contributed by atoms with Crippen molar-refractivity contribution >= 4 is 11.6 Å². The molecule has 0 amide bonds. The minimum absolute atomic E-state index is 0.0372. The van der Waals surface area contributed by atoms with E-state index in [1.54, 1.807) is 12.2 Å². The standard InChI is InChI=1S/C14H14O3/c1-2-6-10-7-4-3-5-8-11-12(15)9-13(16)17-14(10)11/h3-5,7-9,15H,2,6H2,1H3. The van der Waals surface area contributed by atoms with Crippen LogP contribution in [-0.2, 0) is 0 Å². The molecule has 0 bridgehead atoms. The van der Waals surface area contributed by atoms with Gasteiger partial charge in [-0.15, -0.1) is 0 Å². The molecule has 3 heteroatoms. The van der Waals surface area contributed by atoms with Gasteiger partial charge in [0, 0.05) is 0 Å². The van der Waals surface area contributed by atoms with E-state index in [2.05, 4.69) is 6.92 Å². The molecule has 1 aliphatic rings. The molecule has 0 aromatic carbocycles. The van der Waals surface area contributed by atoms with Crippen LogP contribution in [0.1, 0.15) is 31.1 Å². The van der Waals surface area contributed by atoms with E-state index < -0.39 is 5.63 Å². The second-order valence-electron chi connectivity index (χ2n) is 3.88. The van der Waals surface area contributed by atoms with Crippen molar-refractivity contribution in [2.75, 3.05) is 0 Å². The summed E-state index contributed by atoms with van der Waals surface area (Å²) in [6.45, 7) is 2.06. The molecular weight excluding hydrogens is 216 g/mol. The topological polar surface area (TPSA) is 50.4 Å². The van der Waals surface area contributed by atoms with Crippen molar-refractivity contribution in [3.63, 3.8) is 0 Å². The van der Waals surface area contributed by atoms with Gasteiger partial charge in [0.25, 0.3) is 0 Å². The lowest BCUT2D eigenvalue weighted by molar-refractivity contribution is 0.439. The van der Waals surface area contributed by atoms with Crippen LogP contribution in [0.15, 0.2) is 39.6 Å². The Morgan fingerprint density at radius 3 is 2.88 bits per heavy atom. The first kappa shape index (κ1) is 11.5. The lowest BCUT2D eigenvalue weighted by atomic mass is 10.0. The maximum absolute atomic E-state index is 11.3. The third kappa shape index (κ3) is 2.38. The molecule has 0 unspecified atom stereocenters. The fourth-order valence-corrected chi connectivity index (χ4v) is 1.82. The third-order valence-corrected chi connectivity index (χ3v) is 2.57. The Bertz CT molecular complexity index is 559. The number of fused-ring (bicyclic) bond motifs is 1. The predicted molar refractivity (Wildman–Crippen MR) is 67.7 cm³/mol. The molecular formula is C14H14O3. The first-order chi connectivity index (χ1) is 8.22. The zero-order valence-electron chi connectivity index (χ0n) is 9.64. The van der Waals surface area contributed by atoms with E-state index in [4.69, 9.17) is 4.42 Å². The van der Waals surface area contributed by atoms with E-state index in [1.165, 1.54) is 0 Å². The Balaban J connectivity index is 2.66. The molecule has 3 nitrogen and oxygen atoms in total. The summed E-state index contributed by atoms with van der Waals surface area (Å²) in [5.74, 6) is 0.433. The molecule has 1 aromatic heterocycles. The Hall–Kier alpha value is -2.03. The minimum Gasteiger partial charge on any atom is -0.507 e. The van der Waals surface area contributed by atoms with Crippen molar-refractivity contribution in [3.8, 4) is 5.75 Å². The summed E-state index contributed by atoms with van der Waals surface area (Å²) in [4.78, 5) is 11.3. The molecule has 1 N–H and O–H groups in total. The molecule has 0 radical (unpaired) electrons. The molecule has 88 valence electrons. The van der Waals surface area contributed by atoms with Crippen LogP contribution in [0.2, 0.25) is 0 Å². The summed E-state index contributed by atoms with van der Waals surface area (Å²) in [7, 11) is 0. The Morgan fingerprint density at radius 1 is 1.29 bits per heavy atom. The Kier molecular flexibility index (Phi) is 3.28. The van der Waals surface area contributed by atoms with Crippen LogP contribution < -0.4 is 5.63 Å². The summed E-state index contributed by atoms with van der Waals surface area (Å²) in [5, 5.41) is 9.78. The fraction of sp³-hybridized carbons (Fsp3) is 0.214. The van der Waals surface area contributed by atoms with Crippen molar-refractivity contribution in [2.45, 2.75) is 19.8 Å². The molecule has 0 saturated heterocycles. The fourth-order valence-electron chi connectivity index (χ4n) is 1.82. The summed E-state index contributed by atoms with van der Waals surface area (Å²) >= 11 is 0. The van der Waals surface area contributed by atoms with E-state index in [9.17, 15) is 9.90 Å². The van der Waals surface area contributed by atoms with E-state index >= 15 is 0 Å². The van der Waals surface area contributed by atoms with Crippen molar-refractivity contribution < 1.29 is 9.52 Å². The maximum atomic E-state index is 11.3. The van der Waals surface area contributed by atoms with Gasteiger partial charge in [0.1, 0.15) is 11.5 Å². The van der Waals surface area contributed by atoms with Crippen molar-refractivity contribution in [1.29, 1.82) is 0 Å². The monoisotopic (exact) mass is 230 g/mol. The normalized spacial score (nSPS) is 13.8. The van der Waals surface area contributed by atoms with Crippen LogP contribution in [0.5, 0.6) is 5.75 Å². The molecule has 1 aliphatic carbocycles. The van der Waals surface area contributed by atoms with Gasteiger partial charge in [-0.3, -0.25) is 0 Å².